The zero-order valence-electron chi connectivity index (χ0n) is 8.34. The van der Waals surface area contributed by atoms with Crippen LogP contribution in [-0.4, -0.2) is 58.5 Å². The van der Waals surface area contributed by atoms with Crippen LogP contribution >= 0.6 is 0 Å². The molecule has 1 heterocycles. The molecule has 1 aliphatic heterocycles. The highest BCUT2D eigenvalue weighted by atomic mass is 16.4. The van der Waals surface area contributed by atoms with Crippen LogP contribution in [0.3, 0.4) is 0 Å². The molecule has 0 spiro atoms. The van der Waals surface area contributed by atoms with Crippen LogP contribution in [0, 0.1) is 0 Å². The summed E-state index contributed by atoms with van der Waals surface area (Å²) in [5, 5.41) is 8.87. The molecule has 0 saturated carbocycles. The molecule has 0 radical (unpaired) electrons. The number of aliphatic carboxylic acids is 1. The van der Waals surface area contributed by atoms with E-state index in [4.69, 9.17) is 10.8 Å². The van der Waals surface area contributed by atoms with Gasteiger partial charge in [-0.25, -0.2) is 9.59 Å². The van der Waals surface area contributed by atoms with Crippen LogP contribution in [0.4, 0.5) is 4.79 Å². The molecule has 1 fully saturated rings. The number of piperazine rings is 1. The van der Waals surface area contributed by atoms with Crippen molar-refractivity contribution in [3.63, 3.8) is 0 Å². The standard InChI is InChI=1S/C8H13N3O4/c1-5(12)10-2-3-11(8(9)15)6(4-10)7(13)14/h6H,2-4H2,1H3,(H2,9,15)(H,13,14). The first kappa shape index (κ1) is 11.3. The molecule has 7 heteroatoms. The Bertz CT molecular complexity index is 304. The monoisotopic (exact) mass is 215 g/mol. The Balaban J connectivity index is 2.78. The van der Waals surface area contributed by atoms with Gasteiger partial charge in [-0.05, 0) is 0 Å². The van der Waals surface area contributed by atoms with E-state index < -0.39 is 18.0 Å². The van der Waals surface area contributed by atoms with Gasteiger partial charge >= 0.3 is 12.0 Å². The third kappa shape index (κ3) is 2.36. The first-order valence-corrected chi connectivity index (χ1v) is 4.48. The predicted molar refractivity (Wildman–Crippen MR) is 50.0 cm³/mol. The van der Waals surface area contributed by atoms with E-state index in [1.54, 1.807) is 0 Å². The Hall–Kier alpha value is -1.79. The first-order chi connectivity index (χ1) is 6.93. The SMILES string of the molecule is CC(=O)N1CCN(C(N)=O)C(C(=O)O)C1. The van der Waals surface area contributed by atoms with E-state index in [0.29, 0.717) is 6.54 Å². The second-order valence-corrected chi connectivity index (χ2v) is 3.35. The van der Waals surface area contributed by atoms with Crippen LogP contribution in [0.15, 0.2) is 0 Å². The van der Waals surface area contributed by atoms with Crippen LogP contribution in [0.1, 0.15) is 6.92 Å². The molecule has 3 amide bonds. The lowest BCUT2D eigenvalue weighted by atomic mass is 10.2. The summed E-state index contributed by atoms with van der Waals surface area (Å²) in [6.45, 7) is 1.83. The molecule has 15 heavy (non-hydrogen) atoms. The fourth-order valence-electron chi connectivity index (χ4n) is 1.54. The number of hydrogen-bond acceptors (Lipinski definition) is 3. The average Bonchev–Trinajstić information content (AvgIpc) is 2.16. The van der Waals surface area contributed by atoms with Gasteiger partial charge in [-0.3, -0.25) is 4.79 Å². The molecule has 1 rings (SSSR count). The van der Waals surface area contributed by atoms with E-state index in [2.05, 4.69) is 0 Å². The number of amides is 3. The Labute approximate surface area is 86.4 Å². The van der Waals surface area contributed by atoms with Gasteiger partial charge in [-0.1, -0.05) is 0 Å². The van der Waals surface area contributed by atoms with Crippen molar-refractivity contribution in [1.29, 1.82) is 0 Å². The zero-order valence-corrected chi connectivity index (χ0v) is 8.34. The van der Waals surface area contributed by atoms with Crippen molar-refractivity contribution < 1.29 is 19.5 Å². The summed E-state index contributed by atoms with van der Waals surface area (Å²) in [7, 11) is 0. The molecule has 1 aliphatic rings. The van der Waals surface area contributed by atoms with Gasteiger partial charge in [0.15, 0.2) is 0 Å². The Kier molecular flexibility index (Phi) is 3.13. The molecule has 0 aromatic carbocycles. The number of hydrogen-bond donors (Lipinski definition) is 2. The van der Waals surface area contributed by atoms with Crippen LogP contribution < -0.4 is 5.73 Å². The van der Waals surface area contributed by atoms with Gasteiger partial charge in [0.2, 0.25) is 5.91 Å². The lowest BCUT2D eigenvalue weighted by molar-refractivity contribution is -0.146. The molecule has 0 aromatic rings. The maximum Gasteiger partial charge on any atom is 0.328 e. The van der Waals surface area contributed by atoms with Crippen LogP contribution in [-0.2, 0) is 9.59 Å². The van der Waals surface area contributed by atoms with Crippen molar-refractivity contribution in [2.45, 2.75) is 13.0 Å². The van der Waals surface area contributed by atoms with Gasteiger partial charge in [-0.15, -0.1) is 0 Å². The summed E-state index contributed by atoms with van der Waals surface area (Å²) in [5.41, 5.74) is 5.04. The van der Waals surface area contributed by atoms with Crippen molar-refractivity contribution in [2.75, 3.05) is 19.6 Å². The smallest absolute Gasteiger partial charge is 0.328 e. The number of primary amides is 1. The number of carbonyl (C=O) groups excluding carboxylic acids is 2. The second kappa shape index (κ2) is 4.16. The van der Waals surface area contributed by atoms with E-state index in [1.165, 1.54) is 11.8 Å². The number of urea groups is 1. The van der Waals surface area contributed by atoms with E-state index in [0.717, 1.165) is 4.90 Å². The van der Waals surface area contributed by atoms with Gasteiger partial charge in [0.25, 0.3) is 0 Å². The fraction of sp³-hybridized carbons (Fsp3) is 0.625. The van der Waals surface area contributed by atoms with Gasteiger partial charge in [0, 0.05) is 20.0 Å². The number of carboxylic acids is 1. The molecule has 0 bridgehead atoms. The van der Waals surface area contributed by atoms with Crippen molar-refractivity contribution in [3.8, 4) is 0 Å². The molecule has 84 valence electrons. The number of carboxylic acid groups (broad SMARTS) is 1. The molecule has 0 aromatic heterocycles. The molecule has 0 aliphatic carbocycles. The summed E-state index contributed by atoms with van der Waals surface area (Å²) < 4.78 is 0. The Morgan fingerprint density at radius 1 is 1.33 bits per heavy atom. The second-order valence-electron chi connectivity index (χ2n) is 3.35. The number of rotatable bonds is 1. The first-order valence-electron chi connectivity index (χ1n) is 4.48. The number of nitrogens with zero attached hydrogens (tertiary/aromatic N) is 2. The molecule has 1 atom stereocenters. The summed E-state index contributed by atoms with van der Waals surface area (Å²) in [6, 6.07) is -1.81. The van der Waals surface area contributed by atoms with Crippen LogP contribution in [0.25, 0.3) is 0 Å². The van der Waals surface area contributed by atoms with Crippen molar-refractivity contribution in [1.82, 2.24) is 9.80 Å². The van der Waals surface area contributed by atoms with Crippen LogP contribution in [0.5, 0.6) is 0 Å². The normalized spacial score (nSPS) is 21.3. The Morgan fingerprint density at radius 2 is 1.93 bits per heavy atom. The Morgan fingerprint density at radius 3 is 2.33 bits per heavy atom. The molecule has 7 nitrogen and oxygen atoms in total. The molecular weight excluding hydrogens is 202 g/mol. The lowest BCUT2D eigenvalue weighted by Crippen LogP contribution is -2.60. The predicted octanol–water partition coefficient (Wildman–Crippen LogP) is -1.32. The van der Waals surface area contributed by atoms with Crippen molar-refractivity contribution >= 4 is 17.9 Å². The van der Waals surface area contributed by atoms with Gasteiger partial charge < -0.3 is 20.6 Å². The maximum absolute atomic E-state index is 11.0. The summed E-state index contributed by atoms with van der Waals surface area (Å²) in [5.74, 6) is -1.36. The molecule has 1 unspecified atom stereocenters. The minimum Gasteiger partial charge on any atom is -0.480 e. The highest BCUT2D eigenvalue weighted by Crippen LogP contribution is 2.09. The topological polar surface area (TPSA) is 104 Å². The quantitative estimate of drug-likeness (QED) is 0.566. The third-order valence-electron chi connectivity index (χ3n) is 2.39. The van der Waals surface area contributed by atoms with E-state index in [-0.39, 0.29) is 19.0 Å². The average molecular weight is 215 g/mol. The van der Waals surface area contributed by atoms with Gasteiger partial charge in [0.1, 0.15) is 6.04 Å². The van der Waals surface area contributed by atoms with Crippen LogP contribution in [0.2, 0.25) is 0 Å². The summed E-state index contributed by atoms with van der Waals surface area (Å²) in [4.78, 5) is 35.3. The number of nitrogens with two attached hydrogens (primary N) is 1. The minimum absolute atomic E-state index is 0.00634. The third-order valence-corrected chi connectivity index (χ3v) is 2.39. The van der Waals surface area contributed by atoms with E-state index in [9.17, 15) is 14.4 Å². The number of carbonyl (C=O) groups is 3. The molecule has 1 saturated heterocycles. The largest absolute Gasteiger partial charge is 0.480 e. The van der Waals surface area contributed by atoms with Crippen molar-refractivity contribution in [3.05, 3.63) is 0 Å². The molecule has 3 N–H and O–H groups in total. The van der Waals surface area contributed by atoms with Crippen molar-refractivity contribution in [2.24, 2.45) is 5.73 Å². The maximum atomic E-state index is 11.0. The summed E-state index contributed by atoms with van der Waals surface area (Å²) >= 11 is 0. The highest BCUT2D eigenvalue weighted by molar-refractivity contribution is 5.83. The summed E-state index contributed by atoms with van der Waals surface area (Å²) in [6.07, 6.45) is 0. The minimum atomic E-state index is -1.15. The van der Waals surface area contributed by atoms with E-state index in [1.807, 2.05) is 0 Å². The molecular formula is C8H13N3O4. The van der Waals surface area contributed by atoms with E-state index >= 15 is 0 Å². The zero-order chi connectivity index (χ0) is 11.6. The lowest BCUT2D eigenvalue weighted by Gasteiger charge is -2.37. The van der Waals surface area contributed by atoms with Gasteiger partial charge in [0.05, 0.1) is 6.54 Å². The van der Waals surface area contributed by atoms with Gasteiger partial charge in [-0.2, -0.15) is 0 Å². The highest BCUT2D eigenvalue weighted by Gasteiger charge is 2.35. The fourth-order valence-corrected chi connectivity index (χ4v) is 1.54.